The number of carbonyl (C=O) groups excluding carboxylic acids is 3. The number of likely N-dealkylation sites (tertiary alicyclic amines) is 1. The maximum atomic E-state index is 14.1. The van der Waals surface area contributed by atoms with E-state index in [-0.39, 0.29) is 36.2 Å². The number of amides is 2. The highest BCUT2D eigenvalue weighted by atomic mass is 32.1. The predicted molar refractivity (Wildman–Crippen MR) is 147 cm³/mol. The zero-order valence-corrected chi connectivity index (χ0v) is 23.4. The SMILES string of the molecule is CC(C)C[C@H](C(=O)N1C[C@@H](C)[C@H]2OCC(=O)[C@H]21)c1cc(-c2csc(N3CCN(C)CC3)n2)ccc1C(N)=O. The number of Topliss-reactive ketones (excluding diaryl/α,β-unsaturated/α-hetero) is 1. The number of nitrogens with two attached hydrogens (primary N) is 1. The normalized spacial score (nSPS) is 24.8. The van der Waals surface area contributed by atoms with Crippen LogP contribution in [0, 0.1) is 11.8 Å². The summed E-state index contributed by atoms with van der Waals surface area (Å²) in [5.41, 5.74) is 8.40. The number of aromatic nitrogens is 1. The van der Waals surface area contributed by atoms with E-state index in [1.165, 1.54) is 0 Å². The highest BCUT2D eigenvalue weighted by Gasteiger charge is 2.51. The van der Waals surface area contributed by atoms with Crippen molar-refractivity contribution in [2.24, 2.45) is 17.6 Å². The number of ketones is 1. The highest BCUT2D eigenvalue weighted by Crippen LogP contribution is 2.38. The van der Waals surface area contributed by atoms with Gasteiger partial charge in [-0.2, -0.15) is 0 Å². The molecule has 2 aromatic rings. The van der Waals surface area contributed by atoms with E-state index in [1.807, 2.05) is 24.4 Å². The Morgan fingerprint density at radius 3 is 2.63 bits per heavy atom. The second-order valence-electron chi connectivity index (χ2n) is 11.3. The van der Waals surface area contributed by atoms with Crippen molar-refractivity contribution in [1.29, 1.82) is 0 Å². The van der Waals surface area contributed by atoms with Crippen LogP contribution in [0.1, 0.15) is 49.0 Å². The molecule has 3 saturated heterocycles. The average molecular weight is 540 g/mol. The summed E-state index contributed by atoms with van der Waals surface area (Å²) < 4.78 is 5.71. The number of likely N-dealkylation sites (N-methyl/N-ethyl adjacent to an activating group) is 1. The molecule has 0 saturated carbocycles. The first-order chi connectivity index (χ1) is 18.1. The Labute approximate surface area is 227 Å². The summed E-state index contributed by atoms with van der Waals surface area (Å²) in [6, 6.07) is 4.91. The molecule has 2 amide bonds. The van der Waals surface area contributed by atoms with Crippen molar-refractivity contribution in [3.05, 3.63) is 34.7 Å². The number of hydrogen-bond acceptors (Lipinski definition) is 8. The smallest absolute Gasteiger partial charge is 0.249 e. The molecule has 5 rings (SSSR count). The van der Waals surface area contributed by atoms with E-state index in [9.17, 15) is 14.4 Å². The molecule has 4 heterocycles. The van der Waals surface area contributed by atoms with Gasteiger partial charge in [0.15, 0.2) is 10.9 Å². The van der Waals surface area contributed by atoms with E-state index in [1.54, 1.807) is 22.3 Å². The van der Waals surface area contributed by atoms with Gasteiger partial charge >= 0.3 is 0 Å². The van der Waals surface area contributed by atoms with Crippen LogP contribution in [-0.4, -0.2) is 90.9 Å². The first-order valence-electron chi connectivity index (χ1n) is 13.4. The van der Waals surface area contributed by atoms with Crippen molar-refractivity contribution in [3.63, 3.8) is 0 Å². The van der Waals surface area contributed by atoms with Gasteiger partial charge in [-0.3, -0.25) is 14.4 Å². The fourth-order valence-electron chi connectivity index (χ4n) is 5.93. The lowest BCUT2D eigenvalue weighted by Crippen LogP contribution is -2.44. The molecule has 9 nitrogen and oxygen atoms in total. The first-order valence-corrected chi connectivity index (χ1v) is 14.3. The van der Waals surface area contributed by atoms with Gasteiger partial charge < -0.3 is 25.2 Å². The fraction of sp³-hybridized carbons (Fsp3) is 0.571. The number of ether oxygens (including phenoxy) is 1. The van der Waals surface area contributed by atoms with E-state index in [0.29, 0.717) is 24.1 Å². The Bertz CT molecular complexity index is 1220. The summed E-state index contributed by atoms with van der Waals surface area (Å²) >= 11 is 1.60. The largest absolute Gasteiger partial charge is 0.367 e. The molecule has 0 bridgehead atoms. The molecule has 0 radical (unpaired) electrons. The maximum Gasteiger partial charge on any atom is 0.249 e. The van der Waals surface area contributed by atoms with Gasteiger partial charge in [0.1, 0.15) is 12.6 Å². The van der Waals surface area contributed by atoms with Gasteiger partial charge in [0.25, 0.3) is 0 Å². The van der Waals surface area contributed by atoms with Crippen LogP contribution in [0.15, 0.2) is 23.6 Å². The Morgan fingerprint density at radius 2 is 1.95 bits per heavy atom. The maximum absolute atomic E-state index is 14.1. The van der Waals surface area contributed by atoms with Gasteiger partial charge in [-0.1, -0.05) is 26.8 Å². The number of rotatable bonds is 7. The van der Waals surface area contributed by atoms with Crippen LogP contribution in [0.3, 0.4) is 0 Å². The molecule has 204 valence electrons. The molecule has 38 heavy (non-hydrogen) atoms. The molecule has 0 aliphatic carbocycles. The Balaban J connectivity index is 1.49. The monoisotopic (exact) mass is 539 g/mol. The molecular weight excluding hydrogens is 502 g/mol. The van der Waals surface area contributed by atoms with Crippen LogP contribution in [-0.2, 0) is 14.3 Å². The van der Waals surface area contributed by atoms with E-state index >= 15 is 0 Å². The Kier molecular flexibility index (Phi) is 7.57. The minimum absolute atomic E-state index is 0.0415. The van der Waals surface area contributed by atoms with Crippen molar-refractivity contribution in [1.82, 2.24) is 14.8 Å². The molecule has 1 aromatic carbocycles. The summed E-state index contributed by atoms with van der Waals surface area (Å²) in [6.45, 7) is 10.5. The van der Waals surface area contributed by atoms with Crippen LogP contribution < -0.4 is 10.6 Å². The molecular formula is C28H37N5O4S. The van der Waals surface area contributed by atoms with E-state index in [0.717, 1.165) is 42.6 Å². The lowest BCUT2D eigenvalue weighted by atomic mass is 9.84. The van der Waals surface area contributed by atoms with Crippen molar-refractivity contribution in [2.45, 2.75) is 45.3 Å². The van der Waals surface area contributed by atoms with Gasteiger partial charge in [-0.25, -0.2) is 4.98 Å². The van der Waals surface area contributed by atoms with E-state index in [4.69, 9.17) is 15.5 Å². The van der Waals surface area contributed by atoms with E-state index in [2.05, 4.69) is 30.7 Å². The third kappa shape index (κ3) is 5.09. The quantitative estimate of drug-likeness (QED) is 0.576. The van der Waals surface area contributed by atoms with Gasteiger partial charge in [0.2, 0.25) is 11.8 Å². The number of primary amides is 1. The molecule has 2 N–H and O–H groups in total. The zero-order valence-electron chi connectivity index (χ0n) is 22.6. The minimum atomic E-state index is -0.604. The molecule has 4 atom stereocenters. The van der Waals surface area contributed by atoms with Crippen molar-refractivity contribution < 1.29 is 19.1 Å². The van der Waals surface area contributed by atoms with Crippen molar-refractivity contribution in [3.8, 4) is 11.3 Å². The van der Waals surface area contributed by atoms with Gasteiger partial charge in [-0.15, -0.1) is 11.3 Å². The molecule has 3 fully saturated rings. The van der Waals surface area contributed by atoms with Gasteiger partial charge in [0.05, 0.1) is 17.7 Å². The average Bonchev–Trinajstić information content (AvgIpc) is 3.60. The topological polar surface area (TPSA) is 109 Å². The van der Waals surface area contributed by atoms with Gasteiger partial charge in [0, 0.05) is 55.1 Å². The lowest BCUT2D eigenvalue weighted by Gasteiger charge is -2.32. The molecule has 0 spiro atoms. The van der Waals surface area contributed by atoms with Crippen LogP contribution in [0.2, 0.25) is 0 Å². The summed E-state index contributed by atoms with van der Waals surface area (Å²) in [6.07, 6.45) is 0.264. The molecule has 3 aliphatic rings. The standard InChI is InChI=1S/C28H37N5O4S/c1-16(2)11-21(27(36)33-13-17(3)25-24(33)23(34)14-37-25)20-12-18(5-6-19(20)26(29)35)22-15-38-28(30-22)32-9-7-31(4)8-10-32/h5-6,12,15-17,21,24-25H,7-11,13-14H2,1-4H3,(H2,29,35)/t17-,21+,24-,25-/m1/s1. The fourth-order valence-corrected chi connectivity index (χ4v) is 6.81. The summed E-state index contributed by atoms with van der Waals surface area (Å²) in [4.78, 5) is 50.5. The number of anilines is 1. The lowest BCUT2D eigenvalue weighted by molar-refractivity contribution is -0.138. The predicted octanol–water partition coefficient (Wildman–Crippen LogP) is 2.61. The number of nitrogens with zero attached hydrogens (tertiary/aromatic N) is 4. The summed E-state index contributed by atoms with van der Waals surface area (Å²) in [5, 5.41) is 3.00. The first kappa shape index (κ1) is 26.8. The third-order valence-corrected chi connectivity index (χ3v) is 8.88. The van der Waals surface area contributed by atoms with Crippen molar-refractivity contribution in [2.75, 3.05) is 51.3 Å². The van der Waals surface area contributed by atoms with Crippen LogP contribution in [0.4, 0.5) is 5.13 Å². The number of hydrogen-bond donors (Lipinski definition) is 1. The number of thiazole rings is 1. The second kappa shape index (κ2) is 10.7. The van der Waals surface area contributed by atoms with E-state index < -0.39 is 17.9 Å². The van der Waals surface area contributed by atoms with Gasteiger partial charge in [-0.05, 0) is 37.1 Å². The number of carbonyl (C=O) groups is 3. The number of fused-ring (bicyclic) bond motifs is 1. The second-order valence-corrected chi connectivity index (χ2v) is 12.1. The third-order valence-electron chi connectivity index (χ3n) is 7.98. The number of piperazine rings is 1. The summed E-state index contributed by atoms with van der Waals surface area (Å²) in [7, 11) is 2.12. The highest BCUT2D eigenvalue weighted by molar-refractivity contribution is 7.14. The zero-order chi connectivity index (χ0) is 27.1. The summed E-state index contributed by atoms with van der Waals surface area (Å²) in [5.74, 6) is -1.13. The molecule has 3 aliphatic heterocycles. The van der Waals surface area contributed by atoms with Crippen molar-refractivity contribution >= 4 is 34.1 Å². The minimum Gasteiger partial charge on any atom is -0.367 e. The van der Waals surface area contributed by atoms with Crippen LogP contribution in [0.5, 0.6) is 0 Å². The number of benzene rings is 1. The molecule has 1 aromatic heterocycles. The Hall–Kier alpha value is -2.82. The Morgan fingerprint density at radius 1 is 1.21 bits per heavy atom. The molecule has 10 heteroatoms. The van der Waals surface area contributed by atoms with Crippen LogP contribution in [0.25, 0.3) is 11.3 Å². The molecule has 0 unspecified atom stereocenters. The van der Waals surface area contributed by atoms with Crippen LogP contribution >= 0.6 is 11.3 Å².